The standard InChI is InChI=1S/C7H13F2N3O/c1-13-3-5-2-7(8,9)4-12(5)6(10)11/h5H,2-4H2,1H3,(H3,10,11). The molecule has 6 heteroatoms. The number of likely N-dealkylation sites (tertiary alicyclic amines) is 1. The van der Waals surface area contributed by atoms with Crippen LogP contribution in [-0.4, -0.2) is 43.1 Å². The lowest BCUT2D eigenvalue weighted by molar-refractivity contribution is 0.0150. The summed E-state index contributed by atoms with van der Waals surface area (Å²) in [5, 5.41) is 7.09. The summed E-state index contributed by atoms with van der Waals surface area (Å²) in [6, 6.07) is -0.475. The van der Waals surface area contributed by atoms with E-state index < -0.39 is 18.5 Å². The number of hydrogen-bond donors (Lipinski definition) is 2. The normalized spacial score (nSPS) is 26.4. The zero-order chi connectivity index (χ0) is 10.1. The molecule has 0 bridgehead atoms. The number of nitrogens with zero attached hydrogens (tertiary/aromatic N) is 1. The van der Waals surface area contributed by atoms with E-state index in [1.807, 2.05) is 0 Å². The van der Waals surface area contributed by atoms with Crippen LogP contribution >= 0.6 is 0 Å². The molecule has 1 fully saturated rings. The van der Waals surface area contributed by atoms with Gasteiger partial charge in [0.15, 0.2) is 5.96 Å². The number of alkyl halides is 2. The maximum absolute atomic E-state index is 12.9. The fourth-order valence-electron chi connectivity index (χ4n) is 1.52. The summed E-state index contributed by atoms with van der Waals surface area (Å²) in [4.78, 5) is 1.17. The molecule has 0 aliphatic carbocycles. The molecule has 1 unspecified atom stereocenters. The van der Waals surface area contributed by atoms with Gasteiger partial charge in [-0.3, -0.25) is 5.41 Å². The Hall–Kier alpha value is -0.910. The van der Waals surface area contributed by atoms with E-state index in [-0.39, 0.29) is 19.0 Å². The number of nitrogens with one attached hydrogen (secondary N) is 1. The topological polar surface area (TPSA) is 62.3 Å². The van der Waals surface area contributed by atoms with Crippen LogP contribution in [-0.2, 0) is 4.74 Å². The molecule has 0 aromatic heterocycles. The number of methoxy groups -OCH3 is 1. The van der Waals surface area contributed by atoms with E-state index >= 15 is 0 Å². The molecular formula is C7H13F2N3O. The molecule has 1 rings (SSSR count). The Labute approximate surface area is 75.2 Å². The molecule has 76 valence electrons. The zero-order valence-corrected chi connectivity index (χ0v) is 7.39. The van der Waals surface area contributed by atoms with Crippen molar-refractivity contribution in [3.8, 4) is 0 Å². The Balaban J connectivity index is 2.65. The largest absolute Gasteiger partial charge is 0.383 e. The van der Waals surface area contributed by atoms with Crippen LogP contribution in [0.15, 0.2) is 0 Å². The van der Waals surface area contributed by atoms with Crippen molar-refractivity contribution in [2.45, 2.75) is 18.4 Å². The first-order chi connectivity index (χ1) is 5.96. The second-order valence-electron chi connectivity index (χ2n) is 3.18. The van der Waals surface area contributed by atoms with E-state index in [4.69, 9.17) is 15.9 Å². The van der Waals surface area contributed by atoms with Crippen LogP contribution < -0.4 is 5.73 Å². The molecule has 0 aromatic rings. The van der Waals surface area contributed by atoms with Crippen molar-refractivity contribution in [2.75, 3.05) is 20.3 Å². The second-order valence-corrected chi connectivity index (χ2v) is 3.18. The number of rotatable bonds is 2. The summed E-state index contributed by atoms with van der Waals surface area (Å²) in [6.07, 6.45) is -0.291. The van der Waals surface area contributed by atoms with Crippen LogP contribution in [0.5, 0.6) is 0 Å². The Kier molecular flexibility index (Phi) is 2.70. The van der Waals surface area contributed by atoms with Crippen molar-refractivity contribution < 1.29 is 13.5 Å². The fourth-order valence-corrected chi connectivity index (χ4v) is 1.52. The Morgan fingerprint density at radius 3 is 2.85 bits per heavy atom. The van der Waals surface area contributed by atoms with Gasteiger partial charge in [0, 0.05) is 13.5 Å². The van der Waals surface area contributed by atoms with Crippen LogP contribution in [0, 0.1) is 5.41 Å². The third-order valence-electron chi connectivity index (χ3n) is 2.05. The summed E-state index contributed by atoms with van der Waals surface area (Å²) in [6.45, 7) is -0.300. The molecule has 1 heterocycles. The van der Waals surface area contributed by atoms with Crippen molar-refractivity contribution >= 4 is 5.96 Å². The number of ether oxygens (including phenoxy) is 1. The smallest absolute Gasteiger partial charge is 0.267 e. The molecule has 4 nitrogen and oxygen atoms in total. The van der Waals surface area contributed by atoms with Gasteiger partial charge in [0.05, 0.1) is 19.2 Å². The van der Waals surface area contributed by atoms with Crippen LogP contribution in [0.2, 0.25) is 0 Å². The Bertz CT molecular complexity index is 210. The van der Waals surface area contributed by atoms with Gasteiger partial charge in [0.1, 0.15) is 0 Å². The van der Waals surface area contributed by atoms with Gasteiger partial charge in [-0.2, -0.15) is 0 Å². The van der Waals surface area contributed by atoms with Gasteiger partial charge in [-0.05, 0) is 0 Å². The monoisotopic (exact) mass is 193 g/mol. The minimum absolute atomic E-state index is 0.176. The summed E-state index contributed by atoms with van der Waals surface area (Å²) in [5.41, 5.74) is 5.16. The van der Waals surface area contributed by atoms with E-state index in [1.165, 1.54) is 12.0 Å². The van der Waals surface area contributed by atoms with E-state index in [0.29, 0.717) is 0 Å². The molecule has 3 N–H and O–H groups in total. The molecule has 0 radical (unpaired) electrons. The number of halogens is 2. The molecule has 0 spiro atoms. The first-order valence-corrected chi connectivity index (χ1v) is 3.94. The molecular weight excluding hydrogens is 180 g/mol. The van der Waals surface area contributed by atoms with Gasteiger partial charge in [-0.15, -0.1) is 0 Å². The molecule has 1 atom stereocenters. The van der Waals surface area contributed by atoms with E-state index in [9.17, 15) is 8.78 Å². The first kappa shape index (κ1) is 10.2. The molecule has 0 amide bonds. The van der Waals surface area contributed by atoms with E-state index in [1.54, 1.807) is 0 Å². The average Bonchev–Trinajstić information content (AvgIpc) is 2.26. The summed E-state index contributed by atoms with van der Waals surface area (Å²) in [7, 11) is 1.44. The highest BCUT2D eigenvalue weighted by Gasteiger charge is 2.45. The Morgan fingerprint density at radius 1 is 1.77 bits per heavy atom. The molecule has 1 aliphatic rings. The lowest BCUT2D eigenvalue weighted by Gasteiger charge is -2.22. The number of hydrogen-bond acceptors (Lipinski definition) is 2. The maximum Gasteiger partial charge on any atom is 0.267 e. The highest BCUT2D eigenvalue weighted by Crippen LogP contribution is 2.31. The van der Waals surface area contributed by atoms with Gasteiger partial charge in [0.25, 0.3) is 5.92 Å². The third kappa shape index (κ3) is 2.27. The predicted octanol–water partition coefficient (Wildman–Crippen LogP) is 0.236. The molecule has 13 heavy (non-hydrogen) atoms. The zero-order valence-electron chi connectivity index (χ0n) is 7.39. The third-order valence-corrected chi connectivity index (χ3v) is 2.05. The number of nitrogens with two attached hydrogens (primary N) is 1. The van der Waals surface area contributed by atoms with E-state index in [0.717, 1.165) is 0 Å². The van der Waals surface area contributed by atoms with Crippen molar-refractivity contribution in [2.24, 2.45) is 5.73 Å². The molecule has 0 saturated carbocycles. The van der Waals surface area contributed by atoms with Gasteiger partial charge in [-0.25, -0.2) is 8.78 Å². The van der Waals surface area contributed by atoms with E-state index in [2.05, 4.69) is 0 Å². The van der Waals surface area contributed by atoms with Crippen molar-refractivity contribution in [3.63, 3.8) is 0 Å². The fraction of sp³-hybridized carbons (Fsp3) is 0.857. The first-order valence-electron chi connectivity index (χ1n) is 3.94. The highest BCUT2D eigenvalue weighted by molar-refractivity contribution is 5.75. The minimum atomic E-state index is -2.76. The average molecular weight is 193 g/mol. The molecule has 0 aromatic carbocycles. The van der Waals surface area contributed by atoms with Crippen molar-refractivity contribution in [1.82, 2.24) is 4.90 Å². The van der Waals surface area contributed by atoms with Gasteiger partial charge < -0.3 is 15.4 Å². The lowest BCUT2D eigenvalue weighted by Crippen LogP contribution is -2.42. The minimum Gasteiger partial charge on any atom is -0.383 e. The lowest BCUT2D eigenvalue weighted by atomic mass is 10.2. The van der Waals surface area contributed by atoms with Crippen molar-refractivity contribution in [3.05, 3.63) is 0 Å². The Morgan fingerprint density at radius 2 is 2.38 bits per heavy atom. The SMILES string of the molecule is COCC1CC(F)(F)CN1C(=N)N. The summed E-state index contributed by atoms with van der Waals surface area (Å²) in [5.74, 6) is -3.08. The molecule has 1 aliphatic heterocycles. The van der Waals surface area contributed by atoms with Gasteiger partial charge >= 0.3 is 0 Å². The number of guanidine groups is 1. The quantitative estimate of drug-likeness (QED) is 0.487. The summed E-state index contributed by atoms with van der Waals surface area (Å²) < 4.78 is 30.5. The second kappa shape index (κ2) is 3.45. The predicted molar refractivity (Wildman–Crippen MR) is 43.8 cm³/mol. The maximum atomic E-state index is 12.9. The highest BCUT2D eigenvalue weighted by atomic mass is 19.3. The van der Waals surface area contributed by atoms with Gasteiger partial charge in [-0.1, -0.05) is 0 Å². The van der Waals surface area contributed by atoms with Crippen LogP contribution in [0.3, 0.4) is 0 Å². The van der Waals surface area contributed by atoms with Crippen LogP contribution in [0.4, 0.5) is 8.78 Å². The van der Waals surface area contributed by atoms with Crippen LogP contribution in [0.1, 0.15) is 6.42 Å². The van der Waals surface area contributed by atoms with Gasteiger partial charge in [0.2, 0.25) is 0 Å². The van der Waals surface area contributed by atoms with Crippen LogP contribution in [0.25, 0.3) is 0 Å². The van der Waals surface area contributed by atoms with Crippen molar-refractivity contribution in [1.29, 1.82) is 5.41 Å². The molecule has 1 saturated heterocycles. The summed E-state index contributed by atoms with van der Waals surface area (Å²) >= 11 is 0.